The van der Waals surface area contributed by atoms with Gasteiger partial charge in [0, 0.05) is 6.54 Å². The monoisotopic (exact) mass is 193 g/mol. The van der Waals surface area contributed by atoms with Crippen molar-refractivity contribution in [2.24, 2.45) is 11.7 Å². The van der Waals surface area contributed by atoms with Gasteiger partial charge in [-0.2, -0.15) is 0 Å². The van der Waals surface area contributed by atoms with Crippen LogP contribution in [-0.2, 0) is 0 Å². The van der Waals surface area contributed by atoms with Gasteiger partial charge in [0.25, 0.3) is 5.91 Å². The van der Waals surface area contributed by atoms with Crippen molar-refractivity contribution < 1.29 is 4.79 Å². The molecule has 0 bridgehead atoms. The number of hydrogen-bond acceptors (Lipinski definition) is 3. The van der Waals surface area contributed by atoms with Crippen LogP contribution < -0.4 is 11.1 Å². The van der Waals surface area contributed by atoms with Gasteiger partial charge in [0.2, 0.25) is 0 Å². The van der Waals surface area contributed by atoms with Crippen molar-refractivity contribution in [1.29, 1.82) is 0 Å². The minimum Gasteiger partial charge on any atom is -0.370 e. The summed E-state index contributed by atoms with van der Waals surface area (Å²) in [6.45, 7) is 5.03. The van der Waals surface area contributed by atoms with Crippen LogP contribution in [0.5, 0.6) is 0 Å². The Labute approximate surface area is 83.5 Å². The molecule has 4 nitrogen and oxygen atoms in total. The second-order valence-corrected chi connectivity index (χ2v) is 3.55. The highest BCUT2D eigenvalue weighted by Crippen LogP contribution is 2.05. The van der Waals surface area contributed by atoms with E-state index in [2.05, 4.69) is 24.1 Å². The Bertz CT molecular complexity index is 323. The molecule has 0 fully saturated rings. The van der Waals surface area contributed by atoms with E-state index in [0.29, 0.717) is 17.4 Å². The molecule has 1 aromatic heterocycles. The maximum absolute atomic E-state index is 10.8. The number of primary amides is 1. The van der Waals surface area contributed by atoms with E-state index in [1.807, 2.05) is 6.07 Å². The summed E-state index contributed by atoms with van der Waals surface area (Å²) < 4.78 is 0. The molecule has 0 saturated heterocycles. The van der Waals surface area contributed by atoms with Crippen LogP contribution >= 0.6 is 0 Å². The van der Waals surface area contributed by atoms with Crippen LogP contribution in [0, 0.1) is 5.92 Å². The number of hydrogen-bond donors (Lipinski definition) is 2. The lowest BCUT2D eigenvalue weighted by atomic mass is 10.2. The molecule has 1 aromatic rings. The first-order valence-corrected chi connectivity index (χ1v) is 4.60. The molecule has 0 radical (unpaired) electrons. The first kappa shape index (κ1) is 10.5. The summed E-state index contributed by atoms with van der Waals surface area (Å²) in [5.74, 6) is 0.724. The molecule has 4 heteroatoms. The average molecular weight is 193 g/mol. The van der Waals surface area contributed by atoms with Crippen LogP contribution in [0.2, 0.25) is 0 Å². The summed E-state index contributed by atoms with van der Waals surface area (Å²) in [6, 6.07) is 5.17. The van der Waals surface area contributed by atoms with Gasteiger partial charge in [-0.15, -0.1) is 0 Å². The highest BCUT2D eigenvalue weighted by atomic mass is 16.1. The molecule has 3 N–H and O–H groups in total. The molecule has 1 amide bonds. The van der Waals surface area contributed by atoms with Crippen molar-refractivity contribution in [2.45, 2.75) is 13.8 Å². The fraction of sp³-hybridized carbons (Fsp3) is 0.400. The van der Waals surface area contributed by atoms with Gasteiger partial charge in [-0.3, -0.25) is 4.79 Å². The van der Waals surface area contributed by atoms with E-state index in [0.717, 1.165) is 6.54 Å². The zero-order valence-corrected chi connectivity index (χ0v) is 8.45. The summed E-state index contributed by atoms with van der Waals surface area (Å²) >= 11 is 0. The molecule has 0 spiro atoms. The Morgan fingerprint density at radius 3 is 2.86 bits per heavy atom. The molecule has 0 aliphatic carbocycles. The van der Waals surface area contributed by atoms with Gasteiger partial charge in [0.1, 0.15) is 11.5 Å². The van der Waals surface area contributed by atoms with Gasteiger partial charge in [-0.25, -0.2) is 4.98 Å². The second-order valence-electron chi connectivity index (χ2n) is 3.55. The van der Waals surface area contributed by atoms with Gasteiger partial charge < -0.3 is 11.1 Å². The quantitative estimate of drug-likeness (QED) is 0.756. The van der Waals surface area contributed by atoms with E-state index in [9.17, 15) is 4.79 Å². The molecule has 0 aliphatic heterocycles. The van der Waals surface area contributed by atoms with Crippen molar-refractivity contribution >= 4 is 11.7 Å². The molecule has 76 valence electrons. The number of amides is 1. The predicted octanol–water partition coefficient (Wildman–Crippen LogP) is 1.25. The smallest absolute Gasteiger partial charge is 0.267 e. The zero-order chi connectivity index (χ0) is 10.6. The number of nitrogens with two attached hydrogens (primary N) is 1. The standard InChI is InChI=1S/C10H15N3O/c1-7(2)6-12-9-5-3-4-8(13-9)10(11)14/h3-5,7H,6H2,1-2H3,(H2,11,14)(H,12,13). The molecule has 0 unspecified atom stereocenters. The third-order valence-electron chi connectivity index (χ3n) is 1.69. The molecule has 1 rings (SSSR count). The van der Waals surface area contributed by atoms with Gasteiger partial charge >= 0.3 is 0 Å². The Morgan fingerprint density at radius 2 is 2.29 bits per heavy atom. The number of anilines is 1. The van der Waals surface area contributed by atoms with Gasteiger partial charge in [-0.05, 0) is 18.1 Å². The topological polar surface area (TPSA) is 68.0 Å². The van der Waals surface area contributed by atoms with E-state index in [1.54, 1.807) is 12.1 Å². The Kier molecular flexibility index (Phi) is 3.45. The van der Waals surface area contributed by atoms with Crippen molar-refractivity contribution in [3.63, 3.8) is 0 Å². The molecule has 14 heavy (non-hydrogen) atoms. The maximum Gasteiger partial charge on any atom is 0.267 e. The van der Waals surface area contributed by atoms with Gasteiger partial charge in [-0.1, -0.05) is 19.9 Å². The van der Waals surface area contributed by atoms with Crippen molar-refractivity contribution in [2.75, 3.05) is 11.9 Å². The van der Waals surface area contributed by atoms with Crippen molar-refractivity contribution in [3.05, 3.63) is 23.9 Å². The van der Waals surface area contributed by atoms with Gasteiger partial charge in [0.15, 0.2) is 0 Å². The summed E-state index contributed by atoms with van der Waals surface area (Å²) in [5, 5.41) is 3.12. The number of carbonyl (C=O) groups is 1. The average Bonchev–Trinajstić information content (AvgIpc) is 2.15. The number of pyridine rings is 1. The highest BCUT2D eigenvalue weighted by Gasteiger charge is 2.02. The minimum atomic E-state index is -0.502. The zero-order valence-electron chi connectivity index (χ0n) is 8.45. The first-order valence-electron chi connectivity index (χ1n) is 4.60. The van der Waals surface area contributed by atoms with Crippen LogP contribution in [0.1, 0.15) is 24.3 Å². The lowest BCUT2D eigenvalue weighted by molar-refractivity contribution is 0.0995. The fourth-order valence-corrected chi connectivity index (χ4v) is 0.979. The first-order chi connectivity index (χ1) is 6.59. The number of nitrogens with zero attached hydrogens (tertiary/aromatic N) is 1. The minimum absolute atomic E-state index is 0.291. The normalized spacial score (nSPS) is 10.2. The van der Waals surface area contributed by atoms with Crippen LogP contribution in [0.3, 0.4) is 0 Å². The van der Waals surface area contributed by atoms with Crippen LogP contribution in [0.15, 0.2) is 18.2 Å². The highest BCUT2D eigenvalue weighted by molar-refractivity contribution is 5.91. The summed E-state index contributed by atoms with van der Waals surface area (Å²) in [7, 11) is 0. The molecular weight excluding hydrogens is 178 g/mol. The lowest BCUT2D eigenvalue weighted by Crippen LogP contribution is -2.15. The number of nitrogens with one attached hydrogen (secondary N) is 1. The Balaban J connectivity index is 2.69. The SMILES string of the molecule is CC(C)CNc1cccc(C(N)=O)n1. The van der Waals surface area contributed by atoms with Gasteiger partial charge in [0.05, 0.1) is 0 Å². The van der Waals surface area contributed by atoms with E-state index in [4.69, 9.17) is 5.73 Å². The second kappa shape index (κ2) is 4.60. The Hall–Kier alpha value is -1.58. The fourth-order valence-electron chi connectivity index (χ4n) is 0.979. The molecule has 0 aliphatic rings. The van der Waals surface area contributed by atoms with E-state index < -0.39 is 5.91 Å². The largest absolute Gasteiger partial charge is 0.370 e. The predicted molar refractivity (Wildman–Crippen MR) is 56.1 cm³/mol. The number of carbonyl (C=O) groups excluding carboxylic acids is 1. The van der Waals surface area contributed by atoms with Crippen molar-refractivity contribution in [3.8, 4) is 0 Å². The van der Waals surface area contributed by atoms with E-state index >= 15 is 0 Å². The van der Waals surface area contributed by atoms with Crippen LogP contribution in [-0.4, -0.2) is 17.4 Å². The lowest BCUT2D eigenvalue weighted by Gasteiger charge is -2.08. The number of aromatic nitrogens is 1. The molecular formula is C10H15N3O. The molecule has 0 aromatic carbocycles. The van der Waals surface area contributed by atoms with Crippen LogP contribution in [0.4, 0.5) is 5.82 Å². The molecule has 0 atom stereocenters. The summed E-state index contributed by atoms with van der Waals surface area (Å²) in [4.78, 5) is 14.9. The molecule has 0 saturated carbocycles. The van der Waals surface area contributed by atoms with E-state index in [1.165, 1.54) is 0 Å². The van der Waals surface area contributed by atoms with E-state index in [-0.39, 0.29) is 0 Å². The summed E-state index contributed by atoms with van der Waals surface area (Å²) in [6.07, 6.45) is 0. The summed E-state index contributed by atoms with van der Waals surface area (Å²) in [5.41, 5.74) is 5.40. The Morgan fingerprint density at radius 1 is 1.57 bits per heavy atom. The molecule has 1 heterocycles. The number of rotatable bonds is 4. The maximum atomic E-state index is 10.8. The third-order valence-corrected chi connectivity index (χ3v) is 1.69. The third kappa shape index (κ3) is 3.05. The van der Waals surface area contributed by atoms with Crippen molar-refractivity contribution in [1.82, 2.24) is 4.98 Å². The van der Waals surface area contributed by atoms with Crippen LogP contribution in [0.25, 0.3) is 0 Å².